The number of aromatic nitrogens is 2. The van der Waals surface area contributed by atoms with Crippen LogP contribution in [0.5, 0.6) is 0 Å². The molecule has 19 heavy (non-hydrogen) atoms. The molecular weight excluding hydrogens is 252 g/mol. The van der Waals surface area contributed by atoms with Crippen molar-refractivity contribution in [3.63, 3.8) is 0 Å². The van der Waals surface area contributed by atoms with Crippen molar-refractivity contribution in [2.75, 3.05) is 0 Å². The smallest absolute Gasteiger partial charge is 0.316 e. The van der Waals surface area contributed by atoms with Gasteiger partial charge in [-0.2, -0.15) is 0 Å². The highest BCUT2D eigenvalue weighted by atomic mass is 16.4. The molecule has 0 aliphatic heterocycles. The number of carbonyl (C=O) groups excluding carboxylic acids is 1. The highest BCUT2D eigenvalue weighted by molar-refractivity contribution is 5.90. The lowest BCUT2D eigenvalue weighted by Crippen LogP contribution is -2.39. The number of aryl methyl sites for hydroxylation is 1. The summed E-state index contributed by atoms with van der Waals surface area (Å²) >= 11 is 0. The molecular formula is C11H12N4O4. The summed E-state index contributed by atoms with van der Waals surface area (Å²) in [6.45, 7) is 0.0623. The number of nitrogens with two attached hydrogens (primary N) is 1. The van der Waals surface area contributed by atoms with Crippen molar-refractivity contribution >= 4 is 5.91 Å². The summed E-state index contributed by atoms with van der Waals surface area (Å²) in [4.78, 5) is 34.3. The van der Waals surface area contributed by atoms with Crippen LogP contribution >= 0.6 is 0 Å². The number of nitrogens with zero attached hydrogens (tertiary/aromatic N) is 2. The Morgan fingerprint density at radius 2 is 2.05 bits per heavy atom. The first kappa shape index (κ1) is 12.8. The van der Waals surface area contributed by atoms with E-state index < -0.39 is 17.0 Å². The van der Waals surface area contributed by atoms with Crippen LogP contribution in [0, 0.1) is 0 Å². The number of nitrogens with one attached hydrogen (secondary N) is 1. The molecule has 0 aliphatic rings. The van der Waals surface area contributed by atoms with Crippen LogP contribution < -0.4 is 22.4 Å². The van der Waals surface area contributed by atoms with Crippen LogP contribution in [-0.2, 0) is 13.6 Å². The maximum absolute atomic E-state index is 11.7. The van der Waals surface area contributed by atoms with Crippen LogP contribution in [0.2, 0.25) is 0 Å². The SMILES string of the molecule is Cn1ccn(Cc2ccc(C(=O)NN)o2)c(=O)c1=O. The molecule has 0 aliphatic carbocycles. The predicted molar refractivity (Wildman–Crippen MR) is 65.4 cm³/mol. The average molecular weight is 264 g/mol. The number of nitrogen functional groups attached to an aromatic ring is 1. The third-order valence-corrected chi connectivity index (χ3v) is 2.58. The van der Waals surface area contributed by atoms with Gasteiger partial charge in [-0.3, -0.25) is 19.8 Å². The molecule has 0 bridgehead atoms. The Morgan fingerprint density at radius 3 is 2.74 bits per heavy atom. The van der Waals surface area contributed by atoms with Crippen molar-refractivity contribution in [1.82, 2.24) is 14.6 Å². The fraction of sp³-hybridized carbons (Fsp3) is 0.182. The lowest BCUT2D eigenvalue weighted by atomic mass is 10.4. The Labute approximate surface area is 107 Å². The van der Waals surface area contributed by atoms with E-state index in [1.807, 2.05) is 5.43 Å². The van der Waals surface area contributed by atoms with E-state index in [0.29, 0.717) is 5.76 Å². The van der Waals surface area contributed by atoms with Gasteiger partial charge in [0, 0.05) is 19.4 Å². The maximum Gasteiger partial charge on any atom is 0.316 e. The minimum Gasteiger partial charge on any atom is -0.454 e. The average Bonchev–Trinajstić information content (AvgIpc) is 2.87. The summed E-state index contributed by atoms with van der Waals surface area (Å²) in [5.41, 5.74) is 0.640. The van der Waals surface area contributed by atoms with Crippen LogP contribution in [0.15, 0.2) is 38.5 Å². The summed E-state index contributed by atoms with van der Waals surface area (Å²) in [7, 11) is 1.49. The molecule has 0 unspecified atom stereocenters. The van der Waals surface area contributed by atoms with Gasteiger partial charge in [0.05, 0.1) is 6.54 Å². The Balaban J connectivity index is 2.30. The largest absolute Gasteiger partial charge is 0.454 e. The zero-order valence-electron chi connectivity index (χ0n) is 10.1. The van der Waals surface area contributed by atoms with E-state index in [2.05, 4.69) is 0 Å². The van der Waals surface area contributed by atoms with E-state index in [9.17, 15) is 14.4 Å². The predicted octanol–water partition coefficient (Wildman–Crippen LogP) is -1.21. The molecule has 8 nitrogen and oxygen atoms in total. The molecule has 0 saturated heterocycles. The van der Waals surface area contributed by atoms with E-state index in [4.69, 9.17) is 10.3 Å². The minimum atomic E-state index is -0.661. The second-order valence-electron chi connectivity index (χ2n) is 3.89. The molecule has 3 N–H and O–H groups in total. The van der Waals surface area contributed by atoms with Gasteiger partial charge in [-0.1, -0.05) is 0 Å². The Bertz CT molecular complexity index is 725. The summed E-state index contributed by atoms with van der Waals surface area (Å²) in [5.74, 6) is 4.81. The van der Waals surface area contributed by atoms with Crippen molar-refractivity contribution in [3.8, 4) is 0 Å². The number of hydrazine groups is 1. The van der Waals surface area contributed by atoms with Gasteiger partial charge in [-0.05, 0) is 12.1 Å². The third kappa shape index (κ3) is 2.47. The van der Waals surface area contributed by atoms with Gasteiger partial charge in [0.1, 0.15) is 5.76 Å². The molecule has 2 aromatic heterocycles. The van der Waals surface area contributed by atoms with Crippen molar-refractivity contribution in [3.05, 3.63) is 56.8 Å². The van der Waals surface area contributed by atoms with Gasteiger partial charge < -0.3 is 13.6 Å². The van der Waals surface area contributed by atoms with Crippen LogP contribution in [0.1, 0.15) is 16.3 Å². The molecule has 2 rings (SSSR count). The molecule has 2 aromatic rings. The molecule has 0 spiro atoms. The molecule has 1 amide bonds. The number of furan rings is 1. The standard InChI is InChI=1S/C11H12N4O4/c1-14-4-5-15(11(18)10(14)17)6-7-2-3-8(19-7)9(16)13-12/h2-5H,6,12H2,1H3,(H,13,16). The molecule has 100 valence electrons. The first-order chi connectivity index (χ1) is 9.02. The Hall–Kier alpha value is -2.61. The second-order valence-corrected chi connectivity index (χ2v) is 3.89. The van der Waals surface area contributed by atoms with Gasteiger partial charge in [0.15, 0.2) is 5.76 Å². The summed E-state index contributed by atoms with van der Waals surface area (Å²) in [5, 5.41) is 0. The molecule has 0 fully saturated rings. The monoisotopic (exact) mass is 264 g/mol. The minimum absolute atomic E-state index is 0.0365. The molecule has 2 heterocycles. The number of carbonyl (C=O) groups is 1. The van der Waals surface area contributed by atoms with Crippen LogP contribution in [-0.4, -0.2) is 15.0 Å². The van der Waals surface area contributed by atoms with Gasteiger partial charge >= 0.3 is 17.0 Å². The highest BCUT2D eigenvalue weighted by Crippen LogP contribution is 2.08. The first-order valence-corrected chi connectivity index (χ1v) is 5.38. The number of hydrogen-bond donors (Lipinski definition) is 2. The van der Waals surface area contributed by atoms with E-state index >= 15 is 0 Å². The van der Waals surface area contributed by atoms with Gasteiger partial charge in [-0.25, -0.2) is 5.84 Å². The fourth-order valence-electron chi connectivity index (χ4n) is 1.54. The fourth-order valence-corrected chi connectivity index (χ4v) is 1.54. The first-order valence-electron chi connectivity index (χ1n) is 5.38. The Kier molecular flexibility index (Phi) is 3.34. The van der Waals surface area contributed by atoms with Crippen molar-refractivity contribution < 1.29 is 9.21 Å². The van der Waals surface area contributed by atoms with Gasteiger partial charge in [0.25, 0.3) is 0 Å². The molecule has 0 radical (unpaired) electrons. The van der Waals surface area contributed by atoms with Crippen molar-refractivity contribution in [2.24, 2.45) is 12.9 Å². The Morgan fingerprint density at radius 1 is 1.32 bits per heavy atom. The topological polar surface area (TPSA) is 112 Å². The summed E-state index contributed by atoms with van der Waals surface area (Å²) in [6.07, 6.45) is 2.94. The van der Waals surface area contributed by atoms with Crippen molar-refractivity contribution in [2.45, 2.75) is 6.54 Å². The lowest BCUT2D eigenvalue weighted by molar-refractivity contribution is 0.0924. The van der Waals surface area contributed by atoms with Gasteiger partial charge in [-0.15, -0.1) is 0 Å². The lowest BCUT2D eigenvalue weighted by Gasteiger charge is -2.03. The van der Waals surface area contributed by atoms with Crippen LogP contribution in [0.25, 0.3) is 0 Å². The number of rotatable bonds is 3. The van der Waals surface area contributed by atoms with E-state index in [-0.39, 0.29) is 12.3 Å². The molecule has 8 heteroatoms. The third-order valence-electron chi connectivity index (χ3n) is 2.58. The second kappa shape index (κ2) is 4.94. The maximum atomic E-state index is 11.7. The molecule has 0 atom stereocenters. The zero-order chi connectivity index (χ0) is 14.0. The van der Waals surface area contributed by atoms with Gasteiger partial charge in [0.2, 0.25) is 0 Å². The zero-order valence-corrected chi connectivity index (χ0v) is 10.1. The summed E-state index contributed by atoms with van der Waals surface area (Å²) in [6, 6.07) is 2.97. The van der Waals surface area contributed by atoms with Crippen molar-refractivity contribution in [1.29, 1.82) is 0 Å². The summed E-state index contributed by atoms with van der Waals surface area (Å²) < 4.78 is 7.59. The molecule has 0 aromatic carbocycles. The van der Waals surface area contributed by atoms with E-state index in [1.165, 1.54) is 40.7 Å². The molecule has 0 saturated carbocycles. The quantitative estimate of drug-likeness (QED) is 0.313. The van der Waals surface area contributed by atoms with Crippen LogP contribution in [0.3, 0.4) is 0 Å². The van der Waals surface area contributed by atoms with E-state index in [1.54, 1.807) is 0 Å². The van der Waals surface area contributed by atoms with Crippen LogP contribution in [0.4, 0.5) is 0 Å². The van der Waals surface area contributed by atoms with E-state index in [0.717, 1.165) is 0 Å². The number of amides is 1. The number of hydrogen-bond acceptors (Lipinski definition) is 5. The normalized spacial score (nSPS) is 10.4. The highest BCUT2D eigenvalue weighted by Gasteiger charge is 2.11.